The molecule has 0 aliphatic rings. The van der Waals surface area contributed by atoms with Crippen LogP contribution in [0.4, 0.5) is 0 Å². The molecule has 0 radical (unpaired) electrons. The van der Waals surface area contributed by atoms with Crippen molar-refractivity contribution in [3.63, 3.8) is 0 Å². The first kappa shape index (κ1) is 12.8. The minimum atomic E-state index is 0.0395. The van der Waals surface area contributed by atoms with E-state index in [1.807, 2.05) is 30.1 Å². The largest absolute Gasteiger partial charge is 0.324 e. The van der Waals surface area contributed by atoms with Gasteiger partial charge in [0.25, 0.3) is 0 Å². The SMILES string of the molecule is Cc1nn(C)c(C)c1CCC(N)c1cccnc1. The van der Waals surface area contributed by atoms with Gasteiger partial charge in [-0.1, -0.05) is 6.07 Å². The molecule has 2 aromatic heterocycles. The second kappa shape index (κ2) is 5.31. The average molecular weight is 244 g/mol. The lowest BCUT2D eigenvalue weighted by atomic mass is 10.00. The van der Waals surface area contributed by atoms with E-state index < -0.39 is 0 Å². The fraction of sp³-hybridized carbons (Fsp3) is 0.429. The van der Waals surface area contributed by atoms with Gasteiger partial charge in [0.05, 0.1) is 5.69 Å². The van der Waals surface area contributed by atoms with Crippen molar-refractivity contribution < 1.29 is 0 Å². The van der Waals surface area contributed by atoms with Crippen molar-refractivity contribution in [1.29, 1.82) is 0 Å². The summed E-state index contributed by atoms with van der Waals surface area (Å²) in [6, 6.07) is 3.99. The summed E-state index contributed by atoms with van der Waals surface area (Å²) in [4.78, 5) is 4.10. The van der Waals surface area contributed by atoms with E-state index in [2.05, 4.69) is 23.9 Å². The van der Waals surface area contributed by atoms with Gasteiger partial charge < -0.3 is 5.73 Å². The summed E-state index contributed by atoms with van der Waals surface area (Å²) < 4.78 is 1.93. The van der Waals surface area contributed by atoms with Crippen LogP contribution in [0, 0.1) is 13.8 Å². The average Bonchev–Trinajstić information content (AvgIpc) is 2.62. The van der Waals surface area contributed by atoms with Crippen molar-refractivity contribution in [3.8, 4) is 0 Å². The lowest BCUT2D eigenvalue weighted by molar-refractivity contribution is 0.645. The topological polar surface area (TPSA) is 56.7 Å². The maximum absolute atomic E-state index is 6.18. The predicted molar refractivity (Wildman–Crippen MR) is 72.2 cm³/mol. The number of nitrogens with zero attached hydrogens (tertiary/aromatic N) is 3. The minimum Gasteiger partial charge on any atom is -0.324 e. The van der Waals surface area contributed by atoms with Gasteiger partial charge in [-0.15, -0.1) is 0 Å². The molecule has 96 valence electrons. The molecule has 2 rings (SSSR count). The highest BCUT2D eigenvalue weighted by Gasteiger charge is 2.12. The number of aromatic nitrogens is 3. The van der Waals surface area contributed by atoms with E-state index in [9.17, 15) is 0 Å². The molecule has 1 unspecified atom stereocenters. The van der Waals surface area contributed by atoms with Crippen LogP contribution in [0.5, 0.6) is 0 Å². The molecule has 0 saturated heterocycles. The molecule has 2 heterocycles. The number of aryl methyl sites for hydroxylation is 2. The Bertz CT molecular complexity index is 516. The minimum absolute atomic E-state index is 0.0395. The Morgan fingerprint density at radius 2 is 2.17 bits per heavy atom. The lowest BCUT2D eigenvalue weighted by Gasteiger charge is -2.11. The highest BCUT2D eigenvalue weighted by Crippen LogP contribution is 2.19. The lowest BCUT2D eigenvalue weighted by Crippen LogP contribution is -2.12. The van der Waals surface area contributed by atoms with Gasteiger partial charge in [-0.3, -0.25) is 9.67 Å². The van der Waals surface area contributed by atoms with E-state index in [4.69, 9.17) is 5.73 Å². The van der Waals surface area contributed by atoms with Crippen molar-refractivity contribution in [1.82, 2.24) is 14.8 Å². The molecular formula is C14H20N4. The molecule has 1 atom stereocenters. The van der Waals surface area contributed by atoms with E-state index >= 15 is 0 Å². The Hall–Kier alpha value is -1.68. The molecule has 2 aromatic rings. The van der Waals surface area contributed by atoms with Crippen LogP contribution in [0.25, 0.3) is 0 Å². The summed E-state index contributed by atoms with van der Waals surface area (Å²) in [5.74, 6) is 0. The normalized spacial score (nSPS) is 12.7. The Kier molecular flexibility index (Phi) is 3.77. The van der Waals surface area contributed by atoms with E-state index in [0.29, 0.717) is 0 Å². The van der Waals surface area contributed by atoms with Crippen molar-refractivity contribution in [3.05, 3.63) is 47.0 Å². The zero-order chi connectivity index (χ0) is 13.1. The smallest absolute Gasteiger partial charge is 0.0628 e. The van der Waals surface area contributed by atoms with Crippen molar-refractivity contribution >= 4 is 0 Å². The molecule has 0 aromatic carbocycles. The van der Waals surface area contributed by atoms with Crippen LogP contribution in [0.15, 0.2) is 24.5 Å². The van der Waals surface area contributed by atoms with Gasteiger partial charge in [0.2, 0.25) is 0 Å². The van der Waals surface area contributed by atoms with Gasteiger partial charge in [0.15, 0.2) is 0 Å². The molecular weight excluding hydrogens is 224 g/mol. The molecule has 0 amide bonds. The molecule has 2 N–H and O–H groups in total. The number of hydrogen-bond acceptors (Lipinski definition) is 3. The first-order chi connectivity index (χ1) is 8.59. The van der Waals surface area contributed by atoms with Crippen LogP contribution < -0.4 is 5.73 Å². The highest BCUT2D eigenvalue weighted by atomic mass is 15.3. The third-order valence-electron chi connectivity index (χ3n) is 3.48. The number of rotatable bonds is 4. The molecule has 0 bridgehead atoms. The molecule has 4 heteroatoms. The van der Waals surface area contributed by atoms with Crippen LogP contribution in [-0.4, -0.2) is 14.8 Å². The predicted octanol–water partition coefficient (Wildman–Crippen LogP) is 2.06. The summed E-state index contributed by atoms with van der Waals surface area (Å²) in [7, 11) is 1.98. The molecule has 4 nitrogen and oxygen atoms in total. The quantitative estimate of drug-likeness (QED) is 0.895. The molecule has 0 spiro atoms. The van der Waals surface area contributed by atoms with Crippen LogP contribution in [0.1, 0.15) is 35.0 Å². The van der Waals surface area contributed by atoms with Crippen LogP contribution in [0.2, 0.25) is 0 Å². The van der Waals surface area contributed by atoms with Gasteiger partial charge in [-0.2, -0.15) is 5.10 Å². The van der Waals surface area contributed by atoms with E-state index in [1.165, 1.54) is 11.3 Å². The zero-order valence-corrected chi connectivity index (χ0v) is 11.2. The first-order valence-electron chi connectivity index (χ1n) is 6.24. The van der Waals surface area contributed by atoms with Gasteiger partial charge in [0.1, 0.15) is 0 Å². The Morgan fingerprint density at radius 3 is 2.72 bits per heavy atom. The number of nitrogens with two attached hydrogens (primary N) is 1. The molecule has 0 aliphatic heterocycles. The molecule has 0 saturated carbocycles. The summed E-state index contributed by atoms with van der Waals surface area (Å²) in [6.07, 6.45) is 5.49. The van der Waals surface area contributed by atoms with Gasteiger partial charge in [-0.25, -0.2) is 0 Å². The standard InChI is InChI=1S/C14H20N4/c1-10-13(11(2)18(3)17-10)6-7-14(15)12-5-4-8-16-9-12/h4-5,8-9,14H,6-7,15H2,1-3H3. The van der Waals surface area contributed by atoms with Crippen molar-refractivity contribution in [2.24, 2.45) is 12.8 Å². The Labute approximate surface area is 108 Å². The molecule has 0 aliphatic carbocycles. The monoisotopic (exact) mass is 244 g/mol. The van der Waals surface area contributed by atoms with Gasteiger partial charge >= 0.3 is 0 Å². The fourth-order valence-corrected chi connectivity index (χ4v) is 2.24. The maximum atomic E-state index is 6.18. The number of hydrogen-bond donors (Lipinski definition) is 1. The van der Waals surface area contributed by atoms with Gasteiger partial charge in [-0.05, 0) is 43.9 Å². The van der Waals surface area contributed by atoms with E-state index in [0.717, 1.165) is 24.1 Å². The number of pyridine rings is 1. The summed E-state index contributed by atoms with van der Waals surface area (Å²) >= 11 is 0. The van der Waals surface area contributed by atoms with E-state index in [1.54, 1.807) is 6.20 Å². The van der Waals surface area contributed by atoms with E-state index in [-0.39, 0.29) is 6.04 Å². The Morgan fingerprint density at radius 1 is 1.39 bits per heavy atom. The Balaban J connectivity index is 2.04. The fourth-order valence-electron chi connectivity index (χ4n) is 2.24. The summed E-state index contributed by atoms with van der Waals surface area (Å²) in [5.41, 5.74) is 10.9. The second-order valence-electron chi connectivity index (χ2n) is 4.70. The summed E-state index contributed by atoms with van der Waals surface area (Å²) in [5, 5.41) is 4.42. The first-order valence-corrected chi connectivity index (χ1v) is 6.24. The van der Waals surface area contributed by atoms with Crippen LogP contribution in [0.3, 0.4) is 0 Å². The van der Waals surface area contributed by atoms with Crippen molar-refractivity contribution in [2.45, 2.75) is 32.7 Å². The zero-order valence-electron chi connectivity index (χ0n) is 11.2. The highest BCUT2D eigenvalue weighted by molar-refractivity contribution is 5.25. The van der Waals surface area contributed by atoms with Crippen LogP contribution in [-0.2, 0) is 13.5 Å². The third kappa shape index (κ3) is 2.59. The van der Waals surface area contributed by atoms with Crippen molar-refractivity contribution in [2.75, 3.05) is 0 Å². The second-order valence-corrected chi connectivity index (χ2v) is 4.70. The molecule has 18 heavy (non-hydrogen) atoms. The van der Waals surface area contributed by atoms with Crippen LogP contribution >= 0.6 is 0 Å². The maximum Gasteiger partial charge on any atom is 0.0628 e. The van der Waals surface area contributed by atoms with Gasteiger partial charge in [0, 0.05) is 31.2 Å². The molecule has 0 fully saturated rings. The third-order valence-corrected chi connectivity index (χ3v) is 3.48. The summed E-state index contributed by atoms with van der Waals surface area (Å²) in [6.45, 7) is 4.16.